The number of nitrogens with zero attached hydrogens (tertiary/aromatic N) is 4. The number of anilines is 2. The van der Waals surface area contributed by atoms with Crippen LogP contribution in [0.15, 0.2) is 18.6 Å². The molecule has 3 heterocycles. The summed E-state index contributed by atoms with van der Waals surface area (Å²) in [4.78, 5) is 27.7. The lowest BCUT2D eigenvalue weighted by Crippen LogP contribution is -2.30. The number of hydrogen-bond donors (Lipinski definition) is 1. The van der Waals surface area contributed by atoms with Gasteiger partial charge in [0.1, 0.15) is 5.75 Å². The van der Waals surface area contributed by atoms with Gasteiger partial charge in [-0.3, -0.25) is 14.8 Å². The summed E-state index contributed by atoms with van der Waals surface area (Å²) in [6.45, 7) is 2.06. The van der Waals surface area contributed by atoms with Crippen molar-refractivity contribution in [3.05, 3.63) is 24.3 Å². The van der Waals surface area contributed by atoms with E-state index in [-0.39, 0.29) is 17.9 Å². The fourth-order valence-electron chi connectivity index (χ4n) is 3.09. The largest absolute Gasteiger partial charge is 0.494 e. The SMILES string of the molecule is COc1cnc(NC(=O)C2CC2)c2c1-c1nccnc1C(C)N2C. The summed E-state index contributed by atoms with van der Waals surface area (Å²) >= 11 is 0. The molecule has 7 nitrogen and oxygen atoms in total. The number of rotatable bonds is 3. The number of aromatic nitrogens is 3. The van der Waals surface area contributed by atoms with Gasteiger partial charge in [0.2, 0.25) is 5.91 Å². The number of amides is 1. The van der Waals surface area contributed by atoms with Gasteiger partial charge in [0.05, 0.1) is 42.0 Å². The maximum absolute atomic E-state index is 12.2. The van der Waals surface area contributed by atoms with Gasteiger partial charge in [-0.05, 0) is 19.8 Å². The van der Waals surface area contributed by atoms with E-state index in [9.17, 15) is 4.79 Å². The molecular formula is C17H19N5O2. The zero-order valence-electron chi connectivity index (χ0n) is 13.9. The summed E-state index contributed by atoms with van der Waals surface area (Å²) < 4.78 is 5.50. The lowest BCUT2D eigenvalue weighted by atomic mass is 9.97. The Hall–Kier alpha value is -2.70. The molecule has 4 rings (SSSR count). The van der Waals surface area contributed by atoms with Crippen LogP contribution in [0.4, 0.5) is 11.5 Å². The minimum absolute atomic E-state index is 0.0201. The molecule has 1 aliphatic carbocycles. The molecule has 0 bridgehead atoms. The van der Waals surface area contributed by atoms with Gasteiger partial charge in [-0.15, -0.1) is 0 Å². The Morgan fingerprint density at radius 2 is 2.04 bits per heavy atom. The van der Waals surface area contributed by atoms with Crippen molar-refractivity contribution in [3.63, 3.8) is 0 Å². The predicted octanol–water partition coefficient (Wildman–Crippen LogP) is 2.41. The van der Waals surface area contributed by atoms with Gasteiger partial charge in [-0.2, -0.15) is 0 Å². The molecule has 1 amide bonds. The molecule has 1 N–H and O–H groups in total. The molecular weight excluding hydrogens is 306 g/mol. The summed E-state index contributed by atoms with van der Waals surface area (Å²) in [6, 6.07) is 0.0201. The van der Waals surface area contributed by atoms with E-state index < -0.39 is 0 Å². The molecule has 2 aliphatic rings. The molecule has 1 fully saturated rings. The van der Waals surface area contributed by atoms with Gasteiger partial charge in [0.25, 0.3) is 0 Å². The van der Waals surface area contributed by atoms with Gasteiger partial charge in [-0.1, -0.05) is 0 Å². The highest BCUT2D eigenvalue weighted by Gasteiger charge is 2.35. The molecule has 0 aromatic carbocycles. The van der Waals surface area contributed by atoms with Crippen molar-refractivity contribution in [2.24, 2.45) is 5.92 Å². The Bertz CT molecular complexity index is 819. The van der Waals surface area contributed by atoms with Crippen LogP contribution in [0.2, 0.25) is 0 Å². The zero-order valence-corrected chi connectivity index (χ0v) is 13.9. The summed E-state index contributed by atoms with van der Waals surface area (Å²) in [5.74, 6) is 1.31. The first kappa shape index (κ1) is 14.9. The summed E-state index contributed by atoms with van der Waals surface area (Å²) in [7, 11) is 3.57. The first-order valence-electron chi connectivity index (χ1n) is 8.03. The van der Waals surface area contributed by atoms with Gasteiger partial charge in [-0.25, -0.2) is 4.98 Å². The molecule has 124 valence electrons. The molecule has 2 aromatic rings. The highest BCUT2D eigenvalue weighted by Crippen LogP contribution is 2.49. The smallest absolute Gasteiger partial charge is 0.228 e. The van der Waals surface area contributed by atoms with E-state index >= 15 is 0 Å². The number of nitrogens with one attached hydrogen (secondary N) is 1. The molecule has 2 aromatic heterocycles. The van der Waals surface area contributed by atoms with Crippen LogP contribution in [0, 0.1) is 5.92 Å². The van der Waals surface area contributed by atoms with Crippen molar-refractivity contribution < 1.29 is 9.53 Å². The van der Waals surface area contributed by atoms with Crippen LogP contribution in [-0.2, 0) is 4.79 Å². The van der Waals surface area contributed by atoms with E-state index in [2.05, 4.69) is 32.1 Å². The summed E-state index contributed by atoms with van der Waals surface area (Å²) in [6.07, 6.45) is 6.89. The average Bonchev–Trinajstić information content (AvgIpc) is 3.44. The van der Waals surface area contributed by atoms with Crippen LogP contribution in [-0.4, -0.2) is 35.0 Å². The predicted molar refractivity (Wildman–Crippen MR) is 90.0 cm³/mol. The van der Waals surface area contributed by atoms with Crippen LogP contribution in [0.5, 0.6) is 5.75 Å². The quantitative estimate of drug-likeness (QED) is 0.933. The van der Waals surface area contributed by atoms with Gasteiger partial charge in [0, 0.05) is 25.4 Å². The molecule has 24 heavy (non-hydrogen) atoms. The maximum atomic E-state index is 12.2. The van der Waals surface area contributed by atoms with E-state index in [0.717, 1.165) is 35.5 Å². The third-order valence-electron chi connectivity index (χ3n) is 4.72. The molecule has 0 radical (unpaired) electrons. The molecule has 0 saturated heterocycles. The third kappa shape index (κ3) is 2.19. The van der Waals surface area contributed by atoms with E-state index in [1.165, 1.54) is 0 Å². The second-order valence-corrected chi connectivity index (χ2v) is 6.24. The van der Waals surface area contributed by atoms with Crippen molar-refractivity contribution >= 4 is 17.4 Å². The maximum Gasteiger partial charge on any atom is 0.228 e. The first-order chi connectivity index (χ1) is 11.6. The Morgan fingerprint density at radius 1 is 1.29 bits per heavy atom. The molecule has 1 saturated carbocycles. The van der Waals surface area contributed by atoms with Crippen molar-refractivity contribution in [1.29, 1.82) is 0 Å². The minimum atomic E-state index is 0.0201. The number of carbonyl (C=O) groups is 1. The number of hydrogen-bond acceptors (Lipinski definition) is 6. The van der Waals surface area contributed by atoms with E-state index in [0.29, 0.717) is 11.6 Å². The Balaban J connectivity index is 1.91. The van der Waals surface area contributed by atoms with Crippen LogP contribution in [0.1, 0.15) is 31.5 Å². The lowest BCUT2D eigenvalue weighted by molar-refractivity contribution is -0.117. The van der Waals surface area contributed by atoms with Crippen LogP contribution >= 0.6 is 0 Å². The molecule has 1 aliphatic heterocycles. The summed E-state index contributed by atoms with van der Waals surface area (Å²) in [5.41, 5.74) is 3.31. The topological polar surface area (TPSA) is 80.2 Å². The van der Waals surface area contributed by atoms with E-state index in [1.807, 2.05) is 7.05 Å². The highest BCUT2D eigenvalue weighted by molar-refractivity contribution is 6.00. The molecule has 0 spiro atoms. The Morgan fingerprint density at radius 3 is 2.75 bits per heavy atom. The van der Waals surface area contributed by atoms with Crippen molar-refractivity contribution in [2.45, 2.75) is 25.8 Å². The fourth-order valence-corrected chi connectivity index (χ4v) is 3.09. The Labute approximate surface area is 140 Å². The normalized spacial score (nSPS) is 18.6. The van der Waals surface area contributed by atoms with Gasteiger partial charge in [0.15, 0.2) is 5.82 Å². The first-order valence-corrected chi connectivity index (χ1v) is 8.03. The standard InChI is InChI=1S/C17H19N5O2/c1-9-13-14(19-7-6-18-13)12-11(24-3)8-20-16(15(12)22(9)2)21-17(23)10-4-5-10/h6-10H,4-5H2,1-3H3,(H,20,21,23). The molecule has 7 heteroatoms. The minimum Gasteiger partial charge on any atom is -0.494 e. The van der Waals surface area contributed by atoms with Crippen molar-refractivity contribution in [3.8, 4) is 17.0 Å². The van der Waals surface area contributed by atoms with Crippen LogP contribution < -0.4 is 15.0 Å². The number of fused-ring (bicyclic) bond motifs is 3. The third-order valence-corrected chi connectivity index (χ3v) is 4.72. The van der Waals surface area contributed by atoms with Crippen molar-refractivity contribution in [1.82, 2.24) is 15.0 Å². The number of methoxy groups -OCH3 is 1. The van der Waals surface area contributed by atoms with Gasteiger partial charge >= 0.3 is 0 Å². The van der Waals surface area contributed by atoms with Gasteiger partial charge < -0.3 is 15.0 Å². The van der Waals surface area contributed by atoms with E-state index in [4.69, 9.17) is 4.74 Å². The van der Waals surface area contributed by atoms with Crippen molar-refractivity contribution in [2.75, 3.05) is 24.4 Å². The summed E-state index contributed by atoms with van der Waals surface area (Å²) in [5, 5.41) is 2.97. The van der Waals surface area contributed by atoms with Crippen LogP contribution in [0.3, 0.4) is 0 Å². The molecule has 1 unspecified atom stereocenters. The second kappa shape index (κ2) is 5.43. The van der Waals surface area contributed by atoms with E-state index in [1.54, 1.807) is 25.7 Å². The Kier molecular flexibility index (Phi) is 3.37. The highest BCUT2D eigenvalue weighted by atomic mass is 16.5. The molecule has 1 atom stereocenters. The number of carbonyl (C=O) groups excluding carboxylic acids is 1. The lowest BCUT2D eigenvalue weighted by Gasteiger charge is -2.35. The monoisotopic (exact) mass is 325 g/mol. The zero-order chi connectivity index (χ0) is 16.8. The average molecular weight is 325 g/mol. The number of pyridine rings is 1. The fraction of sp³-hybridized carbons (Fsp3) is 0.412. The second-order valence-electron chi connectivity index (χ2n) is 6.24. The number of ether oxygens (including phenoxy) is 1. The van der Waals surface area contributed by atoms with Crippen LogP contribution in [0.25, 0.3) is 11.3 Å².